The number of ether oxygens (including phenoxy) is 3. The fraction of sp³-hybridized carbons (Fsp3) is 0.412. The first-order valence-electron chi connectivity index (χ1n) is 8.07. The number of aliphatic hydroxyl groups is 2. The Balaban J connectivity index is 1.77. The molecule has 0 saturated carbocycles. The average molecular weight is 364 g/mol. The van der Waals surface area contributed by atoms with Crippen molar-refractivity contribution in [3.8, 4) is 11.5 Å². The molecule has 0 radical (unpaired) electrons. The van der Waals surface area contributed by atoms with Gasteiger partial charge in [0.25, 0.3) is 5.56 Å². The first-order chi connectivity index (χ1) is 12.5. The highest BCUT2D eigenvalue weighted by Gasteiger charge is 2.35. The summed E-state index contributed by atoms with van der Waals surface area (Å²) in [6, 6.07) is 6.85. The Morgan fingerprint density at radius 1 is 1.27 bits per heavy atom. The van der Waals surface area contributed by atoms with Crippen LogP contribution in [-0.2, 0) is 11.3 Å². The second kappa shape index (κ2) is 7.73. The predicted octanol–water partition coefficient (Wildman–Crippen LogP) is -0.235. The van der Waals surface area contributed by atoms with Crippen molar-refractivity contribution in [2.24, 2.45) is 0 Å². The molecule has 1 aromatic carbocycles. The number of aromatic amines is 1. The van der Waals surface area contributed by atoms with Crippen LogP contribution in [0.25, 0.3) is 0 Å². The zero-order valence-electron chi connectivity index (χ0n) is 14.1. The topological polar surface area (TPSA) is 123 Å². The molecule has 3 N–H and O–H groups in total. The number of nitrogens with zero attached hydrogens (tertiary/aromatic N) is 1. The lowest BCUT2D eigenvalue weighted by atomic mass is 10.2. The van der Waals surface area contributed by atoms with Gasteiger partial charge in [-0.1, -0.05) is 0 Å². The van der Waals surface area contributed by atoms with Crippen LogP contribution in [0.4, 0.5) is 0 Å². The normalized spacial score (nSPS) is 22.3. The lowest BCUT2D eigenvalue weighted by molar-refractivity contribution is -0.0460. The molecule has 26 heavy (non-hydrogen) atoms. The van der Waals surface area contributed by atoms with Gasteiger partial charge in [-0.05, 0) is 24.3 Å². The molecule has 3 atom stereocenters. The van der Waals surface area contributed by atoms with Gasteiger partial charge >= 0.3 is 5.69 Å². The minimum Gasteiger partial charge on any atom is -0.497 e. The SMILES string of the molecule is COc1ccc(OCc2cn([C@H]3C[C@H](O)[C@@H](CO)O3)c(=O)[nH]c2=O)cc1. The number of rotatable bonds is 6. The molecular weight excluding hydrogens is 344 g/mol. The van der Waals surface area contributed by atoms with Crippen LogP contribution in [0.3, 0.4) is 0 Å². The van der Waals surface area contributed by atoms with Gasteiger partial charge in [-0.25, -0.2) is 4.79 Å². The van der Waals surface area contributed by atoms with Crippen LogP contribution in [0.1, 0.15) is 18.2 Å². The Morgan fingerprint density at radius 3 is 2.58 bits per heavy atom. The van der Waals surface area contributed by atoms with Crippen LogP contribution < -0.4 is 20.7 Å². The monoisotopic (exact) mass is 364 g/mol. The zero-order valence-corrected chi connectivity index (χ0v) is 14.1. The standard InChI is InChI=1S/C17H20N2O7/c1-24-11-2-4-12(5-3-11)25-9-10-7-19(17(23)18-16(10)22)15-6-13(21)14(8-20)26-15/h2-5,7,13-15,20-21H,6,8-9H2,1H3,(H,18,22,23)/t13-,14+,15+/m0/s1. The van der Waals surface area contributed by atoms with Gasteiger partial charge in [0, 0.05) is 12.6 Å². The number of hydrogen-bond acceptors (Lipinski definition) is 7. The first-order valence-corrected chi connectivity index (χ1v) is 8.07. The molecule has 1 fully saturated rings. The van der Waals surface area contributed by atoms with Gasteiger partial charge < -0.3 is 24.4 Å². The Labute approximate surface area is 148 Å². The van der Waals surface area contributed by atoms with Crippen LogP contribution in [0.15, 0.2) is 40.1 Å². The molecule has 1 aromatic heterocycles. The van der Waals surface area contributed by atoms with Crippen molar-refractivity contribution in [3.05, 3.63) is 56.9 Å². The molecule has 0 bridgehead atoms. The molecule has 0 amide bonds. The van der Waals surface area contributed by atoms with E-state index in [0.29, 0.717) is 11.5 Å². The molecule has 1 saturated heterocycles. The number of benzene rings is 1. The highest BCUT2D eigenvalue weighted by Crippen LogP contribution is 2.27. The van der Waals surface area contributed by atoms with E-state index in [9.17, 15) is 14.7 Å². The number of aromatic nitrogens is 2. The van der Waals surface area contributed by atoms with E-state index in [1.54, 1.807) is 31.4 Å². The third-order valence-corrected chi connectivity index (χ3v) is 4.19. The first kappa shape index (κ1) is 18.2. The lowest BCUT2D eigenvalue weighted by Gasteiger charge is -2.15. The third-order valence-electron chi connectivity index (χ3n) is 4.19. The third kappa shape index (κ3) is 3.79. The van der Waals surface area contributed by atoms with Gasteiger partial charge in [0.1, 0.15) is 30.4 Å². The molecule has 9 heteroatoms. The lowest BCUT2D eigenvalue weighted by Crippen LogP contribution is -2.34. The average Bonchev–Trinajstić information content (AvgIpc) is 3.02. The van der Waals surface area contributed by atoms with Crippen molar-refractivity contribution in [1.82, 2.24) is 9.55 Å². The van der Waals surface area contributed by atoms with Crippen molar-refractivity contribution >= 4 is 0 Å². The largest absolute Gasteiger partial charge is 0.497 e. The van der Waals surface area contributed by atoms with E-state index in [1.165, 1.54) is 10.8 Å². The van der Waals surface area contributed by atoms with Crippen molar-refractivity contribution in [2.45, 2.75) is 31.5 Å². The van der Waals surface area contributed by atoms with E-state index in [0.717, 1.165) is 0 Å². The summed E-state index contributed by atoms with van der Waals surface area (Å²) in [5.41, 5.74) is -0.984. The second-order valence-electron chi connectivity index (χ2n) is 5.90. The number of H-pyrrole nitrogens is 1. The molecule has 0 aliphatic carbocycles. The van der Waals surface area contributed by atoms with Gasteiger partial charge in [-0.2, -0.15) is 0 Å². The summed E-state index contributed by atoms with van der Waals surface area (Å²) in [5, 5.41) is 19.0. The van der Waals surface area contributed by atoms with Crippen LogP contribution in [0.2, 0.25) is 0 Å². The number of nitrogens with one attached hydrogen (secondary N) is 1. The molecule has 0 spiro atoms. The molecule has 140 valence electrons. The number of methoxy groups -OCH3 is 1. The minimum absolute atomic E-state index is 0.0549. The maximum absolute atomic E-state index is 12.1. The van der Waals surface area contributed by atoms with E-state index in [4.69, 9.17) is 19.3 Å². The summed E-state index contributed by atoms with van der Waals surface area (Å²) >= 11 is 0. The molecule has 3 rings (SSSR count). The predicted molar refractivity (Wildman–Crippen MR) is 90.3 cm³/mol. The fourth-order valence-corrected chi connectivity index (χ4v) is 2.73. The smallest absolute Gasteiger partial charge is 0.330 e. The highest BCUT2D eigenvalue weighted by molar-refractivity contribution is 5.31. The van der Waals surface area contributed by atoms with E-state index in [-0.39, 0.29) is 25.2 Å². The van der Waals surface area contributed by atoms with E-state index in [1.807, 2.05) is 0 Å². The van der Waals surface area contributed by atoms with Crippen molar-refractivity contribution in [3.63, 3.8) is 0 Å². The van der Waals surface area contributed by atoms with Crippen molar-refractivity contribution in [1.29, 1.82) is 0 Å². The minimum atomic E-state index is -0.886. The second-order valence-corrected chi connectivity index (χ2v) is 5.90. The van der Waals surface area contributed by atoms with Crippen molar-refractivity contribution in [2.75, 3.05) is 13.7 Å². The van der Waals surface area contributed by atoms with Gasteiger partial charge in [0.05, 0.1) is 25.4 Å². The summed E-state index contributed by atoms with van der Waals surface area (Å²) in [7, 11) is 1.56. The van der Waals surface area contributed by atoms with Gasteiger partial charge in [0.15, 0.2) is 0 Å². The highest BCUT2D eigenvalue weighted by atomic mass is 16.5. The van der Waals surface area contributed by atoms with Crippen LogP contribution >= 0.6 is 0 Å². The van der Waals surface area contributed by atoms with Gasteiger partial charge in [-0.15, -0.1) is 0 Å². The molecule has 2 heterocycles. The zero-order chi connectivity index (χ0) is 18.7. The van der Waals surface area contributed by atoms with E-state index < -0.39 is 29.7 Å². The Morgan fingerprint density at radius 2 is 1.96 bits per heavy atom. The molecule has 1 aliphatic heterocycles. The van der Waals surface area contributed by atoms with E-state index >= 15 is 0 Å². The van der Waals surface area contributed by atoms with Crippen molar-refractivity contribution < 1.29 is 24.4 Å². The van der Waals surface area contributed by atoms with Crippen LogP contribution in [0, 0.1) is 0 Å². The Hall–Kier alpha value is -2.62. The molecule has 9 nitrogen and oxygen atoms in total. The quantitative estimate of drug-likeness (QED) is 0.647. The van der Waals surface area contributed by atoms with Gasteiger partial charge in [-0.3, -0.25) is 14.3 Å². The summed E-state index contributed by atoms with van der Waals surface area (Å²) in [6.45, 7) is -0.413. The van der Waals surface area contributed by atoms with E-state index in [2.05, 4.69) is 4.98 Å². The fourth-order valence-electron chi connectivity index (χ4n) is 2.73. The summed E-state index contributed by atoms with van der Waals surface area (Å²) in [5.74, 6) is 1.22. The Bertz CT molecular complexity index is 859. The summed E-state index contributed by atoms with van der Waals surface area (Å²) in [6.07, 6.45) is -0.940. The molecule has 0 unspecified atom stereocenters. The van der Waals surface area contributed by atoms with Gasteiger partial charge in [0.2, 0.25) is 0 Å². The molecule has 1 aliphatic rings. The summed E-state index contributed by atoms with van der Waals surface area (Å²) in [4.78, 5) is 26.3. The number of hydrogen-bond donors (Lipinski definition) is 3. The maximum Gasteiger partial charge on any atom is 0.330 e. The molecule has 2 aromatic rings. The summed E-state index contributed by atoms with van der Waals surface area (Å²) < 4.78 is 17.3. The molecular formula is C17H20N2O7. The Kier molecular flexibility index (Phi) is 5.40. The number of aliphatic hydroxyl groups excluding tert-OH is 2. The van der Waals surface area contributed by atoms with Crippen LogP contribution in [-0.4, -0.2) is 45.7 Å². The van der Waals surface area contributed by atoms with Crippen LogP contribution in [0.5, 0.6) is 11.5 Å². The maximum atomic E-state index is 12.1.